The molecule has 2 fully saturated rings. The van der Waals surface area contributed by atoms with Crippen molar-refractivity contribution in [1.82, 2.24) is 20.7 Å². The fraction of sp³-hybridized carbons (Fsp3) is 0.360. The molecule has 0 aliphatic carbocycles. The van der Waals surface area contributed by atoms with E-state index >= 15 is 0 Å². The molecule has 1 unspecified atom stereocenters. The molecule has 3 heterocycles. The molecule has 2 saturated heterocycles. The van der Waals surface area contributed by atoms with Crippen molar-refractivity contribution in [2.24, 2.45) is 5.92 Å². The molecule has 0 spiro atoms. The second kappa shape index (κ2) is 8.43. The van der Waals surface area contributed by atoms with Crippen LogP contribution in [-0.4, -0.2) is 41.0 Å². The molecule has 0 saturated carbocycles. The summed E-state index contributed by atoms with van der Waals surface area (Å²) in [7, 11) is 0. The number of aromatic nitrogens is 1. The van der Waals surface area contributed by atoms with Crippen LogP contribution in [0.4, 0.5) is 4.79 Å². The minimum atomic E-state index is -1.14. The van der Waals surface area contributed by atoms with Crippen LogP contribution in [0.5, 0.6) is 0 Å². The normalized spacial score (nSPS) is 21.2. The summed E-state index contributed by atoms with van der Waals surface area (Å²) in [6.07, 6.45) is 1.56. The molecule has 2 N–H and O–H groups in total. The molecule has 3 aromatic rings. The number of carbonyl (C=O) groups excluding carboxylic acids is 3. The van der Waals surface area contributed by atoms with Gasteiger partial charge in [0.25, 0.3) is 11.8 Å². The van der Waals surface area contributed by atoms with Gasteiger partial charge in [0.1, 0.15) is 5.54 Å². The van der Waals surface area contributed by atoms with Gasteiger partial charge in [-0.1, -0.05) is 42.7 Å². The van der Waals surface area contributed by atoms with Gasteiger partial charge in [0.05, 0.1) is 5.69 Å². The Morgan fingerprint density at radius 3 is 2.47 bits per heavy atom. The first-order valence-corrected chi connectivity index (χ1v) is 11.8. The number of rotatable bonds is 4. The van der Waals surface area contributed by atoms with Gasteiger partial charge in [0.15, 0.2) is 5.58 Å². The molecular formula is C25H25ClN4O4. The molecule has 1 atom stereocenters. The van der Waals surface area contributed by atoms with Crippen LogP contribution in [0.3, 0.4) is 0 Å². The Bertz CT molecular complexity index is 1280. The molecule has 2 aliphatic rings. The first-order chi connectivity index (χ1) is 16.3. The molecule has 1 aromatic heterocycles. The van der Waals surface area contributed by atoms with E-state index < -0.39 is 11.6 Å². The Morgan fingerprint density at radius 1 is 1.15 bits per heavy atom. The van der Waals surface area contributed by atoms with Crippen LogP contribution < -0.4 is 10.6 Å². The van der Waals surface area contributed by atoms with Crippen LogP contribution in [0, 0.1) is 5.92 Å². The third kappa shape index (κ3) is 3.62. The van der Waals surface area contributed by atoms with Crippen molar-refractivity contribution in [2.45, 2.75) is 38.1 Å². The van der Waals surface area contributed by atoms with Crippen LogP contribution in [0.15, 0.2) is 47.0 Å². The molecule has 8 nitrogen and oxygen atoms in total. The Labute approximate surface area is 201 Å². The summed E-state index contributed by atoms with van der Waals surface area (Å²) in [4.78, 5) is 39.3. The highest BCUT2D eigenvalue weighted by atomic mass is 35.5. The second-order valence-electron chi connectivity index (χ2n) is 9.22. The maximum Gasteiger partial charge on any atom is 0.322 e. The summed E-state index contributed by atoms with van der Waals surface area (Å²) in [5.74, 6) is -0.407. The summed E-state index contributed by atoms with van der Waals surface area (Å²) in [6, 6.07) is 11.9. The molecule has 0 radical (unpaired) electrons. The maximum absolute atomic E-state index is 13.1. The number of urea groups is 1. The lowest BCUT2D eigenvalue weighted by Gasteiger charge is -2.32. The van der Waals surface area contributed by atoms with Crippen molar-refractivity contribution in [3.8, 4) is 0 Å². The van der Waals surface area contributed by atoms with Gasteiger partial charge in [-0.05, 0) is 54.7 Å². The van der Waals surface area contributed by atoms with Gasteiger partial charge >= 0.3 is 6.03 Å². The zero-order valence-corrected chi connectivity index (χ0v) is 19.7. The predicted octanol–water partition coefficient (Wildman–Crippen LogP) is 4.19. The molecule has 0 bridgehead atoms. The minimum absolute atomic E-state index is 0.0587. The lowest BCUT2D eigenvalue weighted by molar-refractivity contribution is -0.125. The number of carbonyl (C=O) groups is 3. The van der Waals surface area contributed by atoms with E-state index in [0.29, 0.717) is 34.8 Å². The number of amides is 4. The lowest BCUT2D eigenvalue weighted by atomic mass is 9.79. The van der Waals surface area contributed by atoms with Crippen molar-refractivity contribution < 1.29 is 18.9 Å². The Hall–Kier alpha value is -3.39. The number of halogens is 1. The predicted molar refractivity (Wildman–Crippen MR) is 127 cm³/mol. The summed E-state index contributed by atoms with van der Waals surface area (Å²) < 4.78 is 5.45. The number of nitrogens with zero attached hydrogens (tertiary/aromatic N) is 2. The van der Waals surface area contributed by atoms with Crippen LogP contribution >= 0.6 is 11.6 Å². The van der Waals surface area contributed by atoms with Crippen LogP contribution in [0.2, 0.25) is 5.02 Å². The second-order valence-corrected chi connectivity index (χ2v) is 9.66. The van der Waals surface area contributed by atoms with Gasteiger partial charge < -0.3 is 14.7 Å². The molecule has 2 aliphatic heterocycles. The SMILES string of the molecule is CC(C)C1(c2ccc(C(=O)N3CCC(c4noc5ccc(Cl)cc45)CC3)cc2)NC(=O)NC1=O. The first kappa shape index (κ1) is 22.4. The number of piperidine rings is 1. The van der Waals surface area contributed by atoms with Crippen LogP contribution in [0.1, 0.15) is 54.2 Å². The van der Waals surface area contributed by atoms with Gasteiger partial charge in [-0.15, -0.1) is 0 Å². The highest BCUT2D eigenvalue weighted by molar-refractivity contribution is 6.31. The van der Waals surface area contributed by atoms with Crippen molar-refractivity contribution >= 4 is 40.4 Å². The summed E-state index contributed by atoms with van der Waals surface area (Å²) in [5.41, 5.74) is 1.66. The smallest absolute Gasteiger partial charge is 0.322 e. The van der Waals surface area contributed by atoms with Crippen molar-refractivity contribution in [3.63, 3.8) is 0 Å². The summed E-state index contributed by atoms with van der Waals surface area (Å²) >= 11 is 6.15. The fourth-order valence-electron chi connectivity index (χ4n) is 5.05. The number of fused-ring (bicyclic) bond motifs is 1. The highest BCUT2D eigenvalue weighted by Gasteiger charge is 2.50. The fourth-order valence-corrected chi connectivity index (χ4v) is 5.22. The van der Waals surface area contributed by atoms with E-state index in [1.165, 1.54) is 0 Å². The third-order valence-electron chi connectivity index (χ3n) is 6.98. The Morgan fingerprint density at radius 2 is 1.85 bits per heavy atom. The zero-order valence-electron chi connectivity index (χ0n) is 18.9. The quantitative estimate of drug-likeness (QED) is 0.545. The molecule has 9 heteroatoms. The number of imide groups is 1. The summed E-state index contributed by atoms with van der Waals surface area (Å²) in [5, 5.41) is 10.9. The summed E-state index contributed by atoms with van der Waals surface area (Å²) in [6.45, 7) is 4.96. The van der Waals surface area contributed by atoms with E-state index in [9.17, 15) is 14.4 Å². The topological polar surface area (TPSA) is 105 Å². The van der Waals surface area contributed by atoms with E-state index in [2.05, 4.69) is 15.8 Å². The van der Waals surface area contributed by atoms with E-state index in [1.807, 2.05) is 30.9 Å². The third-order valence-corrected chi connectivity index (χ3v) is 7.21. The van der Waals surface area contributed by atoms with Crippen molar-refractivity contribution in [3.05, 3.63) is 64.3 Å². The number of likely N-dealkylation sites (tertiary alicyclic amines) is 1. The van der Waals surface area contributed by atoms with Gasteiger partial charge in [-0.3, -0.25) is 14.9 Å². The van der Waals surface area contributed by atoms with E-state index in [0.717, 1.165) is 23.9 Å². The van der Waals surface area contributed by atoms with Crippen molar-refractivity contribution in [2.75, 3.05) is 13.1 Å². The number of hydrogen-bond donors (Lipinski definition) is 2. The molecular weight excluding hydrogens is 456 g/mol. The van der Waals surface area contributed by atoms with Gasteiger partial charge in [0.2, 0.25) is 0 Å². The van der Waals surface area contributed by atoms with Crippen LogP contribution in [-0.2, 0) is 10.3 Å². The molecule has 34 heavy (non-hydrogen) atoms. The molecule has 4 amide bonds. The number of nitrogens with one attached hydrogen (secondary N) is 2. The molecule has 176 valence electrons. The lowest BCUT2D eigenvalue weighted by Crippen LogP contribution is -2.48. The molecule has 5 rings (SSSR count). The van der Waals surface area contributed by atoms with E-state index in [4.69, 9.17) is 16.1 Å². The highest BCUT2D eigenvalue weighted by Crippen LogP contribution is 2.35. The molecule has 2 aromatic carbocycles. The van der Waals surface area contributed by atoms with Crippen LogP contribution in [0.25, 0.3) is 11.0 Å². The monoisotopic (exact) mass is 480 g/mol. The average Bonchev–Trinajstić information content (AvgIpc) is 3.39. The van der Waals surface area contributed by atoms with E-state index in [1.54, 1.807) is 30.3 Å². The zero-order chi connectivity index (χ0) is 24.0. The first-order valence-electron chi connectivity index (χ1n) is 11.4. The standard InChI is InChI=1S/C25H25ClN4O4/c1-14(2)25(23(32)27-24(33)28-25)17-5-3-16(4-6-17)22(31)30-11-9-15(10-12-30)21-19-13-18(26)7-8-20(19)34-29-21/h3-8,13-15H,9-12H2,1-2H3,(H2,27,28,32,33). The number of hydrogen-bond acceptors (Lipinski definition) is 5. The Kier molecular flexibility index (Phi) is 5.56. The minimum Gasteiger partial charge on any atom is -0.356 e. The average molecular weight is 481 g/mol. The number of benzene rings is 2. The van der Waals surface area contributed by atoms with Gasteiger partial charge in [0, 0.05) is 35.0 Å². The maximum atomic E-state index is 13.1. The van der Waals surface area contributed by atoms with Crippen molar-refractivity contribution in [1.29, 1.82) is 0 Å². The van der Waals surface area contributed by atoms with E-state index in [-0.39, 0.29) is 23.7 Å². The Balaban J connectivity index is 1.29. The van der Waals surface area contributed by atoms with Gasteiger partial charge in [-0.25, -0.2) is 4.79 Å². The van der Waals surface area contributed by atoms with Gasteiger partial charge in [-0.2, -0.15) is 0 Å². The largest absolute Gasteiger partial charge is 0.356 e.